The van der Waals surface area contributed by atoms with Crippen LogP contribution in [0.15, 0.2) is 0 Å². The molecule has 1 heterocycles. The maximum atomic E-state index is 12.5. The molecule has 1 atom stereocenters. The molecule has 0 aromatic heterocycles. The smallest absolute Gasteiger partial charge is 0.331 e. The summed E-state index contributed by atoms with van der Waals surface area (Å²) in [6.45, 7) is 5.11. The number of carbonyl (C=O) groups excluding carboxylic acids is 1. The molecule has 1 saturated heterocycles. The standard InChI is InChI=1S/C12H21F3N2O/c1-4-11(5-6-16-7-11)10(18)17(9(2)3)8-12(13,14)15/h9,16H,4-8H2,1-3H3. The minimum absolute atomic E-state index is 0.373. The van der Waals surface area contributed by atoms with E-state index in [2.05, 4.69) is 5.32 Å². The molecule has 0 aliphatic carbocycles. The van der Waals surface area contributed by atoms with Crippen LogP contribution >= 0.6 is 0 Å². The zero-order valence-electron chi connectivity index (χ0n) is 11.1. The van der Waals surface area contributed by atoms with Crippen LogP contribution in [0, 0.1) is 5.41 Å². The number of hydrogen-bond donors (Lipinski definition) is 1. The van der Waals surface area contributed by atoms with Gasteiger partial charge in [-0.2, -0.15) is 13.2 Å². The molecule has 1 aliphatic rings. The van der Waals surface area contributed by atoms with E-state index in [4.69, 9.17) is 0 Å². The summed E-state index contributed by atoms with van der Waals surface area (Å²) in [7, 11) is 0. The number of nitrogens with one attached hydrogen (secondary N) is 1. The molecule has 1 aliphatic heterocycles. The molecule has 18 heavy (non-hydrogen) atoms. The molecule has 1 fully saturated rings. The Morgan fingerprint density at radius 1 is 1.44 bits per heavy atom. The predicted octanol–water partition coefficient (Wildman–Crippen LogP) is 2.18. The van der Waals surface area contributed by atoms with Crippen molar-refractivity contribution in [3.8, 4) is 0 Å². The second-order valence-corrected chi connectivity index (χ2v) is 5.20. The van der Waals surface area contributed by atoms with Gasteiger partial charge in [-0.1, -0.05) is 6.92 Å². The molecule has 3 nitrogen and oxygen atoms in total. The number of rotatable bonds is 4. The minimum Gasteiger partial charge on any atom is -0.331 e. The second kappa shape index (κ2) is 5.47. The zero-order valence-corrected chi connectivity index (χ0v) is 11.1. The molecule has 6 heteroatoms. The van der Waals surface area contributed by atoms with Gasteiger partial charge in [0.05, 0.1) is 5.41 Å². The van der Waals surface area contributed by atoms with Gasteiger partial charge in [0.15, 0.2) is 0 Å². The van der Waals surface area contributed by atoms with Gasteiger partial charge in [0.25, 0.3) is 0 Å². The quantitative estimate of drug-likeness (QED) is 0.846. The van der Waals surface area contributed by atoms with Crippen LogP contribution in [0.3, 0.4) is 0 Å². The van der Waals surface area contributed by atoms with Gasteiger partial charge in [-0.25, -0.2) is 0 Å². The van der Waals surface area contributed by atoms with E-state index in [1.807, 2.05) is 6.92 Å². The van der Waals surface area contributed by atoms with Gasteiger partial charge in [-0.3, -0.25) is 4.79 Å². The second-order valence-electron chi connectivity index (χ2n) is 5.20. The molecule has 106 valence electrons. The molecule has 0 saturated carbocycles. The first-order chi connectivity index (χ1) is 8.22. The third-order valence-corrected chi connectivity index (χ3v) is 3.61. The summed E-state index contributed by atoms with van der Waals surface area (Å²) < 4.78 is 37.6. The highest BCUT2D eigenvalue weighted by Gasteiger charge is 2.45. The highest BCUT2D eigenvalue weighted by molar-refractivity contribution is 5.83. The van der Waals surface area contributed by atoms with Crippen molar-refractivity contribution >= 4 is 5.91 Å². The van der Waals surface area contributed by atoms with E-state index in [-0.39, 0.29) is 5.91 Å². The van der Waals surface area contributed by atoms with Crippen LogP contribution in [0.1, 0.15) is 33.6 Å². The van der Waals surface area contributed by atoms with Crippen molar-refractivity contribution in [2.45, 2.75) is 45.8 Å². The summed E-state index contributed by atoms with van der Waals surface area (Å²) in [5.74, 6) is -0.373. The minimum atomic E-state index is -4.35. The Bertz CT molecular complexity index is 296. The normalized spacial score (nSPS) is 24.6. The van der Waals surface area contributed by atoms with Crippen molar-refractivity contribution in [1.82, 2.24) is 10.2 Å². The number of carbonyl (C=O) groups is 1. The monoisotopic (exact) mass is 266 g/mol. The van der Waals surface area contributed by atoms with Crippen LogP contribution in [0.2, 0.25) is 0 Å². The summed E-state index contributed by atoms with van der Waals surface area (Å²) in [5.41, 5.74) is -0.657. The lowest BCUT2D eigenvalue weighted by atomic mass is 9.82. The van der Waals surface area contributed by atoms with Crippen molar-refractivity contribution in [3.05, 3.63) is 0 Å². The van der Waals surface area contributed by atoms with E-state index >= 15 is 0 Å². The highest BCUT2D eigenvalue weighted by Crippen LogP contribution is 2.33. The Labute approximate surface area is 106 Å². The first kappa shape index (κ1) is 15.3. The summed E-state index contributed by atoms with van der Waals surface area (Å²) in [6.07, 6.45) is -3.16. The van der Waals surface area contributed by atoms with Crippen LogP contribution in [-0.4, -0.2) is 42.7 Å². The lowest BCUT2D eigenvalue weighted by Gasteiger charge is -2.36. The van der Waals surface area contributed by atoms with Crippen LogP contribution < -0.4 is 5.32 Å². The highest BCUT2D eigenvalue weighted by atomic mass is 19.4. The van der Waals surface area contributed by atoms with E-state index in [1.165, 1.54) is 0 Å². The van der Waals surface area contributed by atoms with E-state index in [0.717, 1.165) is 4.90 Å². The van der Waals surface area contributed by atoms with Gasteiger partial charge in [0.1, 0.15) is 6.54 Å². The van der Waals surface area contributed by atoms with Gasteiger partial charge in [-0.05, 0) is 33.2 Å². The lowest BCUT2D eigenvalue weighted by Crippen LogP contribution is -2.51. The molecule has 0 aromatic carbocycles. The fraction of sp³-hybridized carbons (Fsp3) is 0.917. The molecule has 1 amide bonds. The third kappa shape index (κ3) is 3.37. The van der Waals surface area contributed by atoms with Gasteiger partial charge >= 0.3 is 6.18 Å². The Morgan fingerprint density at radius 3 is 2.39 bits per heavy atom. The molecule has 0 radical (unpaired) electrons. The van der Waals surface area contributed by atoms with Crippen molar-refractivity contribution in [2.75, 3.05) is 19.6 Å². The zero-order chi connectivity index (χ0) is 14.0. The van der Waals surface area contributed by atoms with Gasteiger partial charge in [0.2, 0.25) is 5.91 Å². The van der Waals surface area contributed by atoms with Crippen molar-refractivity contribution in [2.24, 2.45) is 5.41 Å². The van der Waals surface area contributed by atoms with Crippen LogP contribution in [0.25, 0.3) is 0 Å². The molecule has 1 N–H and O–H groups in total. The number of alkyl halides is 3. The van der Waals surface area contributed by atoms with Crippen molar-refractivity contribution in [3.63, 3.8) is 0 Å². The first-order valence-corrected chi connectivity index (χ1v) is 6.30. The first-order valence-electron chi connectivity index (χ1n) is 6.30. The summed E-state index contributed by atoms with van der Waals surface area (Å²) in [5, 5.41) is 3.07. The molecular formula is C12H21F3N2O. The predicted molar refractivity (Wildman–Crippen MR) is 63.1 cm³/mol. The van der Waals surface area contributed by atoms with E-state index in [9.17, 15) is 18.0 Å². The largest absolute Gasteiger partial charge is 0.406 e. The topological polar surface area (TPSA) is 32.3 Å². The van der Waals surface area contributed by atoms with E-state index in [1.54, 1.807) is 13.8 Å². The van der Waals surface area contributed by atoms with E-state index in [0.29, 0.717) is 25.9 Å². The Morgan fingerprint density at radius 2 is 2.06 bits per heavy atom. The number of halogens is 3. The van der Waals surface area contributed by atoms with Gasteiger partial charge in [-0.15, -0.1) is 0 Å². The van der Waals surface area contributed by atoms with Crippen molar-refractivity contribution in [1.29, 1.82) is 0 Å². The maximum Gasteiger partial charge on any atom is 0.406 e. The van der Waals surface area contributed by atoms with Crippen LogP contribution in [0.5, 0.6) is 0 Å². The third-order valence-electron chi connectivity index (χ3n) is 3.61. The maximum absolute atomic E-state index is 12.5. The summed E-state index contributed by atoms with van der Waals surface area (Å²) >= 11 is 0. The van der Waals surface area contributed by atoms with Crippen molar-refractivity contribution < 1.29 is 18.0 Å². The number of hydrogen-bond acceptors (Lipinski definition) is 2. The molecule has 1 unspecified atom stereocenters. The van der Waals surface area contributed by atoms with Gasteiger partial charge < -0.3 is 10.2 Å². The Kier molecular flexibility index (Phi) is 4.64. The average Bonchev–Trinajstić information content (AvgIpc) is 2.73. The molecule has 0 aromatic rings. The lowest BCUT2D eigenvalue weighted by molar-refractivity contribution is -0.170. The van der Waals surface area contributed by atoms with Gasteiger partial charge in [0, 0.05) is 12.6 Å². The molecule has 0 bridgehead atoms. The van der Waals surface area contributed by atoms with Crippen LogP contribution in [-0.2, 0) is 4.79 Å². The Hall–Kier alpha value is -0.780. The average molecular weight is 266 g/mol. The SMILES string of the molecule is CCC1(C(=O)N(CC(F)(F)F)C(C)C)CCNC1. The number of nitrogens with zero attached hydrogens (tertiary/aromatic N) is 1. The van der Waals surface area contributed by atoms with Crippen LogP contribution in [0.4, 0.5) is 13.2 Å². The molecular weight excluding hydrogens is 245 g/mol. The van der Waals surface area contributed by atoms with E-state index < -0.39 is 24.2 Å². The Balaban J connectivity index is 2.88. The summed E-state index contributed by atoms with van der Waals surface area (Å²) in [6, 6.07) is -0.442. The fourth-order valence-electron chi connectivity index (χ4n) is 2.37. The fourth-order valence-corrected chi connectivity index (χ4v) is 2.37. The molecule has 0 spiro atoms. The number of amides is 1. The molecule has 1 rings (SSSR count). The summed E-state index contributed by atoms with van der Waals surface area (Å²) in [4.78, 5) is 13.4.